The van der Waals surface area contributed by atoms with Crippen LogP contribution in [0.15, 0.2) is 36.5 Å². The summed E-state index contributed by atoms with van der Waals surface area (Å²) in [5.41, 5.74) is -2.56. The van der Waals surface area contributed by atoms with Crippen LogP contribution in [-0.4, -0.2) is 44.7 Å². The fourth-order valence-corrected chi connectivity index (χ4v) is 5.14. The van der Waals surface area contributed by atoms with Gasteiger partial charge in [0.2, 0.25) is 0 Å². The molecule has 37 heavy (non-hydrogen) atoms. The molecule has 0 bridgehead atoms. The largest absolute Gasteiger partial charge is 0.481 e. The second kappa shape index (κ2) is 10.3. The van der Waals surface area contributed by atoms with Crippen molar-refractivity contribution in [1.82, 2.24) is 14.9 Å². The molecule has 4 rings (SSSR count). The van der Waals surface area contributed by atoms with E-state index in [9.17, 15) is 36.2 Å². The summed E-state index contributed by atoms with van der Waals surface area (Å²) in [4.78, 5) is 22.4. The summed E-state index contributed by atoms with van der Waals surface area (Å²) in [6.07, 6.45) is -5.04. The lowest BCUT2D eigenvalue weighted by molar-refractivity contribution is -0.208. The van der Waals surface area contributed by atoms with E-state index in [0.29, 0.717) is 5.13 Å². The van der Waals surface area contributed by atoms with Gasteiger partial charge in [-0.1, -0.05) is 12.1 Å². The maximum atomic E-state index is 14.7. The van der Waals surface area contributed by atoms with E-state index in [-0.39, 0.29) is 30.0 Å². The molecule has 1 saturated heterocycles. The van der Waals surface area contributed by atoms with Crippen LogP contribution < -0.4 is 5.32 Å². The van der Waals surface area contributed by atoms with Gasteiger partial charge in [0.1, 0.15) is 17.7 Å². The highest BCUT2D eigenvalue weighted by Crippen LogP contribution is 2.44. The molecular formula is C24H22F6N4O2S. The van der Waals surface area contributed by atoms with Crippen molar-refractivity contribution in [2.45, 2.75) is 44.9 Å². The molecular weight excluding hydrogens is 522 g/mol. The number of carbonyl (C=O) groups is 1. The van der Waals surface area contributed by atoms with E-state index in [2.05, 4.69) is 15.3 Å². The molecule has 198 valence electrons. The molecule has 6 nitrogen and oxygen atoms in total. The molecule has 13 heteroatoms. The summed E-state index contributed by atoms with van der Waals surface area (Å²) in [5, 5.41) is 13.4. The third kappa shape index (κ3) is 5.87. The first-order valence-corrected chi connectivity index (χ1v) is 12.0. The number of aliphatic carboxylic acids is 1. The van der Waals surface area contributed by atoms with Crippen LogP contribution in [0.5, 0.6) is 0 Å². The van der Waals surface area contributed by atoms with Gasteiger partial charge in [-0.15, -0.1) is 11.3 Å². The van der Waals surface area contributed by atoms with Crippen molar-refractivity contribution >= 4 is 28.3 Å². The van der Waals surface area contributed by atoms with E-state index in [4.69, 9.17) is 0 Å². The van der Waals surface area contributed by atoms with Crippen LogP contribution in [0.25, 0.3) is 0 Å². The zero-order valence-corrected chi connectivity index (χ0v) is 20.3. The number of nitrogens with zero attached hydrogens (tertiary/aromatic N) is 3. The van der Waals surface area contributed by atoms with Crippen molar-refractivity contribution in [2.24, 2.45) is 5.41 Å². The van der Waals surface area contributed by atoms with E-state index in [0.717, 1.165) is 21.9 Å². The average molecular weight is 545 g/mol. The van der Waals surface area contributed by atoms with E-state index in [1.54, 1.807) is 6.20 Å². The maximum absolute atomic E-state index is 14.7. The fourth-order valence-electron chi connectivity index (χ4n) is 4.47. The monoisotopic (exact) mass is 544 g/mol. The minimum absolute atomic E-state index is 0.165. The summed E-state index contributed by atoms with van der Waals surface area (Å²) in [6.45, 7) is 0.877. The van der Waals surface area contributed by atoms with Crippen LogP contribution in [0.3, 0.4) is 0 Å². The Balaban J connectivity index is 1.61. The number of carboxylic acid groups (broad SMARTS) is 1. The van der Waals surface area contributed by atoms with E-state index < -0.39 is 60.4 Å². The Labute approximate surface area is 212 Å². The Morgan fingerprint density at radius 2 is 1.97 bits per heavy atom. The Morgan fingerprint density at radius 3 is 2.62 bits per heavy atom. The van der Waals surface area contributed by atoms with Gasteiger partial charge in [-0.05, 0) is 38.0 Å². The van der Waals surface area contributed by atoms with Gasteiger partial charge < -0.3 is 10.4 Å². The first kappa shape index (κ1) is 26.9. The minimum Gasteiger partial charge on any atom is -0.481 e. The number of anilines is 2. The van der Waals surface area contributed by atoms with Crippen LogP contribution in [0, 0.1) is 29.8 Å². The second-order valence-electron chi connectivity index (χ2n) is 8.98. The Hall–Kier alpha value is -3.19. The molecule has 3 heterocycles. The molecule has 0 spiro atoms. The quantitative estimate of drug-likeness (QED) is 0.364. The number of alkyl halides is 3. The third-order valence-corrected chi connectivity index (χ3v) is 7.25. The molecule has 1 aliphatic rings. The predicted molar refractivity (Wildman–Crippen MR) is 124 cm³/mol. The lowest BCUT2D eigenvalue weighted by Crippen LogP contribution is -2.56. The van der Waals surface area contributed by atoms with Gasteiger partial charge in [-0.3, -0.25) is 9.69 Å². The van der Waals surface area contributed by atoms with Crippen molar-refractivity contribution in [1.29, 1.82) is 0 Å². The van der Waals surface area contributed by atoms with Crippen molar-refractivity contribution in [3.8, 4) is 0 Å². The highest BCUT2D eigenvalue weighted by atomic mass is 32.1. The fraction of sp³-hybridized carbons (Fsp3) is 0.375. The zero-order chi connectivity index (χ0) is 27.0. The van der Waals surface area contributed by atoms with Crippen molar-refractivity contribution < 1.29 is 36.2 Å². The number of likely N-dealkylation sites (tertiary alicyclic amines) is 1. The number of benzene rings is 1. The molecule has 2 N–H and O–H groups in total. The zero-order valence-electron chi connectivity index (χ0n) is 19.5. The SMILES string of the molecule is Cc1cnc(Nc2ccc(F)c(CC3(C(=O)O)CCN(Cc4cccc(F)c4F)C(C(F)(F)F)C3)n2)s1. The van der Waals surface area contributed by atoms with Gasteiger partial charge in [0.25, 0.3) is 0 Å². The Bertz CT molecular complexity index is 1300. The molecule has 1 fully saturated rings. The van der Waals surface area contributed by atoms with Crippen molar-refractivity contribution in [3.63, 3.8) is 0 Å². The molecule has 0 amide bonds. The molecule has 0 radical (unpaired) electrons. The number of thiazole rings is 1. The number of hydrogen-bond donors (Lipinski definition) is 2. The predicted octanol–water partition coefficient (Wildman–Crippen LogP) is 5.85. The van der Waals surface area contributed by atoms with E-state index in [1.165, 1.54) is 29.5 Å². The van der Waals surface area contributed by atoms with Crippen molar-refractivity contribution in [2.75, 3.05) is 11.9 Å². The van der Waals surface area contributed by atoms with Crippen LogP contribution in [0.1, 0.15) is 29.0 Å². The van der Waals surface area contributed by atoms with Gasteiger partial charge in [0, 0.05) is 36.1 Å². The smallest absolute Gasteiger partial charge is 0.404 e. The summed E-state index contributed by atoms with van der Waals surface area (Å²) >= 11 is 1.31. The van der Waals surface area contributed by atoms with E-state index in [1.807, 2.05) is 6.92 Å². The number of piperidine rings is 1. The van der Waals surface area contributed by atoms with Gasteiger partial charge in [0.05, 0.1) is 11.1 Å². The molecule has 0 saturated carbocycles. The average Bonchev–Trinajstić information content (AvgIpc) is 3.23. The summed E-state index contributed by atoms with van der Waals surface area (Å²) in [5.74, 6) is -4.66. The van der Waals surface area contributed by atoms with Gasteiger partial charge in [-0.25, -0.2) is 23.1 Å². The number of aromatic nitrogens is 2. The molecule has 1 aliphatic heterocycles. The van der Waals surface area contributed by atoms with Gasteiger partial charge >= 0.3 is 12.1 Å². The summed E-state index contributed by atoms with van der Waals surface area (Å²) < 4.78 is 84.7. The number of nitrogens with one attached hydrogen (secondary N) is 1. The number of rotatable bonds is 7. The first-order chi connectivity index (χ1) is 17.4. The lowest BCUT2D eigenvalue weighted by atomic mass is 9.71. The molecule has 1 aromatic carbocycles. The standard InChI is InChI=1S/C24H22F6N4O2S/c1-13-11-31-22(37-13)33-19-6-5-15(25)17(32-19)9-23(21(35)36)7-8-34(18(10-23)24(28,29)30)12-14-3-2-4-16(26)20(14)27/h2-6,11,18H,7-10,12H2,1H3,(H,35,36)(H,31,32,33). The minimum atomic E-state index is -4.87. The Kier molecular flexibility index (Phi) is 7.47. The number of aryl methyl sites for hydroxylation is 1. The first-order valence-electron chi connectivity index (χ1n) is 11.2. The molecule has 3 aromatic rings. The normalized spacial score (nSPS) is 20.7. The molecule has 2 aromatic heterocycles. The summed E-state index contributed by atoms with van der Waals surface area (Å²) in [7, 11) is 0. The van der Waals surface area contributed by atoms with Gasteiger partial charge in [-0.2, -0.15) is 13.2 Å². The maximum Gasteiger partial charge on any atom is 0.404 e. The second-order valence-corrected chi connectivity index (χ2v) is 10.2. The highest BCUT2D eigenvalue weighted by Gasteiger charge is 2.54. The van der Waals surface area contributed by atoms with Crippen LogP contribution in [-0.2, 0) is 17.8 Å². The molecule has 0 aliphatic carbocycles. The number of halogens is 6. The number of pyridine rings is 1. The highest BCUT2D eigenvalue weighted by molar-refractivity contribution is 7.15. The lowest BCUT2D eigenvalue weighted by Gasteiger charge is -2.45. The van der Waals surface area contributed by atoms with Crippen LogP contribution in [0.4, 0.5) is 37.3 Å². The number of carboxylic acids is 1. The topological polar surface area (TPSA) is 78.3 Å². The number of hydrogen-bond acceptors (Lipinski definition) is 6. The molecule has 2 unspecified atom stereocenters. The van der Waals surface area contributed by atoms with Crippen LogP contribution >= 0.6 is 11.3 Å². The van der Waals surface area contributed by atoms with Crippen LogP contribution in [0.2, 0.25) is 0 Å². The van der Waals surface area contributed by atoms with E-state index >= 15 is 0 Å². The van der Waals surface area contributed by atoms with Gasteiger partial charge in [0.15, 0.2) is 16.8 Å². The third-order valence-electron chi connectivity index (χ3n) is 6.42. The van der Waals surface area contributed by atoms with Crippen molar-refractivity contribution in [3.05, 3.63) is 70.1 Å². The Morgan fingerprint density at radius 1 is 1.22 bits per heavy atom. The summed E-state index contributed by atoms with van der Waals surface area (Å²) in [6, 6.07) is 3.31. The molecule has 2 atom stereocenters.